The van der Waals surface area contributed by atoms with E-state index in [9.17, 15) is 4.79 Å². The first-order valence-electron chi connectivity index (χ1n) is 4.43. The molecule has 0 bridgehead atoms. The minimum Gasteiger partial charge on any atom is -0.349 e. The summed E-state index contributed by atoms with van der Waals surface area (Å²) in [4.78, 5) is 11.4. The van der Waals surface area contributed by atoms with Crippen molar-refractivity contribution in [3.8, 4) is 0 Å². The molecule has 7 nitrogen and oxygen atoms in total. The third kappa shape index (κ3) is 2.63. The van der Waals surface area contributed by atoms with Crippen LogP contribution < -0.4 is 5.32 Å². The minimum atomic E-state index is -0.116. The molecule has 0 aliphatic rings. The molecule has 2 heterocycles. The van der Waals surface area contributed by atoms with Crippen LogP contribution in [0.15, 0.2) is 24.7 Å². The van der Waals surface area contributed by atoms with Crippen molar-refractivity contribution >= 4 is 5.91 Å². The zero-order chi connectivity index (χ0) is 10.5. The zero-order valence-electron chi connectivity index (χ0n) is 7.92. The Labute approximate surface area is 85.5 Å². The number of hydrogen-bond acceptors (Lipinski definition) is 4. The quantitative estimate of drug-likeness (QED) is 0.693. The highest BCUT2D eigenvalue weighted by atomic mass is 16.2. The highest BCUT2D eigenvalue weighted by Gasteiger charge is 2.02. The maximum atomic E-state index is 11.4. The molecule has 0 fully saturated rings. The molecule has 2 rings (SSSR count). The molecule has 0 atom stereocenters. The van der Waals surface area contributed by atoms with Gasteiger partial charge in [0.15, 0.2) is 0 Å². The maximum absolute atomic E-state index is 11.4. The van der Waals surface area contributed by atoms with Gasteiger partial charge in [-0.2, -0.15) is 5.10 Å². The second-order valence-corrected chi connectivity index (χ2v) is 2.96. The number of amides is 1. The number of aromatic nitrogens is 5. The molecule has 15 heavy (non-hydrogen) atoms. The smallest absolute Gasteiger partial charge is 0.242 e. The predicted molar refractivity (Wildman–Crippen MR) is 50.5 cm³/mol. The number of nitrogens with zero attached hydrogens (tertiary/aromatic N) is 4. The van der Waals surface area contributed by atoms with Crippen LogP contribution >= 0.6 is 0 Å². The van der Waals surface area contributed by atoms with Gasteiger partial charge in [0.1, 0.15) is 6.54 Å². The minimum absolute atomic E-state index is 0.116. The van der Waals surface area contributed by atoms with E-state index >= 15 is 0 Å². The molecule has 2 aromatic heterocycles. The SMILES string of the molecule is O=C(Cn1ccnn1)NCc1ccn[nH]1. The van der Waals surface area contributed by atoms with Crippen LogP contribution in [0.3, 0.4) is 0 Å². The highest BCUT2D eigenvalue weighted by molar-refractivity contribution is 5.75. The molecule has 0 saturated carbocycles. The average molecular weight is 206 g/mol. The second kappa shape index (κ2) is 4.36. The Balaban J connectivity index is 1.78. The largest absolute Gasteiger partial charge is 0.349 e. The van der Waals surface area contributed by atoms with Crippen molar-refractivity contribution in [1.29, 1.82) is 0 Å². The van der Waals surface area contributed by atoms with E-state index in [1.54, 1.807) is 18.5 Å². The van der Waals surface area contributed by atoms with Crippen LogP contribution in [0.4, 0.5) is 0 Å². The van der Waals surface area contributed by atoms with Crippen LogP contribution in [0.1, 0.15) is 5.69 Å². The summed E-state index contributed by atoms with van der Waals surface area (Å²) in [6.07, 6.45) is 4.80. The average Bonchev–Trinajstić information content (AvgIpc) is 2.86. The lowest BCUT2D eigenvalue weighted by Crippen LogP contribution is -2.27. The van der Waals surface area contributed by atoms with Crippen molar-refractivity contribution in [2.45, 2.75) is 13.1 Å². The summed E-state index contributed by atoms with van der Waals surface area (Å²) in [5.41, 5.74) is 0.863. The Morgan fingerprint density at radius 2 is 2.47 bits per heavy atom. The molecule has 0 saturated heterocycles. The third-order valence-corrected chi connectivity index (χ3v) is 1.81. The predicted octanol–water partition coefficient (Wildman–Crippen LogP) is -0.682. The van der Waals surface area contributed by atoms with E-state index in [1.165, 1.54) is 10.9 Å². The molecule has 2 N–H and O–H groups in total. The first-order valence-corrected chi connectivity index (χ1v) is 4.43. The van der Waals surface area contributed by atoms with Gasteiger partial charge in [-0.3, -0.25) is 9.89 Å². The van der Waals surface area contributed by atoms with Crippen molar-refractivity contribution in [3.63, 3.8) is 0 Å². The summed E-state index contributed by atoms with van der Waals surface area (Å²) >= 11 is 0. The lowest BCUT2D eigenvalue weighted by molar-refractivity contribution is -0.122. The van der Waals surface area contributed by atoms with Crippen LogP contribution in [0.5, 0.6) is 0 Å². The standard InChI is InChI=1S/C8H10N6O/c15-8(6-14-4-3-11-13-14)9-5-7-1-2-10-12-7/h1-4H,5-6H2,(H,9,15)(H,10,12). The molecule has 0 aliphatic carbocycles. The van der Waals surface area contributed by atoms with Gasteiger partial charge in [0.2, 0.25) is 5.91 Å². The summed E-state index contributed by atoms with van der Waals surface area (Å²) in [5, 5.41) is 16.5. The lowest BCUT2D eigenvalue weighted by Gasteiger charge is -2.02. The third-order valence-electron chi connectivity index (χ3n) is 1.81. The molecule has 0 radical (unpaired) electrons. The number of aromatic amines is 1. The molecule has 1 amide bonds. The van der Waals surface area contributed by atoms with Crippen LogP contribution in [0, 0.1) is 0 Å². The van der Waals surface area contributed by atoms with Crippen molar-refractivity contribution < 1.29 is 4.79 Å². The van der Waals surface area contributed by atoms with Gasteiger partial charge in [0.25, 0.3) is 0 Å². The summed E-state index contributed by atoms with van der Waals surface area (Å²) in [5.74, 6) is -0.116. The van der Waals surface area contributed by atoms with Crippen LogP contribution in [0.25, 0.3) is 0 Å². The summed E-state index contributed by atoms with van der Waals surface area (Å²) < 4.78 is 1.46. The van der Waals surface area contributed by atoms with Crippen molar-refractivity contribution in [1.82, 2.24) is 30.5 Å². The number of nitrogens with one attached hydrogen (secondary N) is 2. The highest BCUT2D eigenvalue weighted by Crippen LogP contribution is 1.90. The van der Waals surface area contributed by atoms with Crippen molar-refractivity contribution in [2.24, 2.45) is 0 Å². The van der Waals surface area contributed by atoms with E-state index in [4.69, 9.17) is 0 Å². The van der Waals surface area contributed by atoms with Gasteiger partial charge in [-0.05, 0) is 6.07 Å². The normalized spacial score (nSPS) is 10.1. The molecule has 0 aromatic carbocycles. The Morgan fingerprint density at radius 3 is 3.13 bits per heavy atom. The fraction of sp³-hybridized carbons (Fsp3) is 0.250. The summed E-state index contributed by atoms with van der Waals surface area (Å²) in [6.45, 7) is 0.613. The Bertz CT molecular complexity index is 406. The van der Waals surface area contributed by atoms with E-state index in [0.717, 1.165) is 5.69 Å². The molecular weight excluding hydrogens is 196 g/mol. The van der Waals surface area contributed by atoms with Crippen LogP contribution in [-0.2, 0) is 17.9 Å². The topological polar surface area (TPSA) is 88.5 Å². The number of carbonyl (C=O) groups is 1. The number of H-pyrrole nitrogens is 1. The lowest BCUT2D eigenvalue weighted by atomic mass is 10.4. The van der Waals surface area contributed by atoms with E-state index < -0.39 is 0 Å². The second-order valence-electron chi connectivity index (χ2n) is 2.96. The fourth-order valence-corrected chi connectivity index (χ4v) is 1.10. The summed E-state index contributed by atoms with van der Waals surface area (Å²) in [6, 6.07) is 1.80. The zero-order valence-corrected chi connectivity index (χ0v) is 7.92. The monoisotopic (exact) mass is 206 g/mol. The van der Waals surface area contributed by atoms with E-state index in [0.29, 0.717) is 6.54 Å². The van der Waals surface area contributed by atoms with Crippen molar-refractivity contribution in [3.05, 3.63) is 30.4 Å². The first-order chi connectivity index (χ1) is 7.34. The van der Waals surface area contributed by atoms with Gasteiger partial charge in [-0.25, -0.2) is 4.68 Å². The number of hydrogen-bond donors (Lipinski definition) is 2. The first kappa shape index (κ1) is 9.38. The van der Waals surface area contributed by atoms with E-state index in [1.807, 2.05) is 0 Å². The molecule has 78 valence electrons. The van der Waals surface area contributed by atoms with Crippen LogP contribution in [-0.4, -0.2) is 31.1 Å². The Morgan fingerprint density at radius 1 is 1.53 bits per heavy atom. The van der Waals surface area contributed by atoms with E-state index in [-0.39, 0.29) is 12.5 Å². The van der Waals surface area contributed by atoms with Gasteiger partial charge in [0.05, 0.1) is 18.4 Å². The molecule has 7 heteroatoms. The van der Waals surface area contributed by atoms with Gasteiger partial charge in [0, 0.05) is 12.4 Å². The van der Waals surface area contributed by atoms with Gasteiger partial charge in [-0.15, -0.1) is 5.10 Å². The van der Waals surface area contributed by atoms with Gasteiger partial charge < -0.3 is 5.32 Å². The summed E-state index contributed by atoms with van der Waals surface area (Å²) in [7, 11) is 0. The molecular formula is C8H10N6O. The molecule has 0 aliphatic heterocycles. The van der Waals surface area contributed by atoms with E-state index in [2.05, 4.69) is 25.8 Å². The maximum Gasteiger partial charge on any atom is 0.242 e. The number of carbonyl (C=O) groups excluding carboxylic acids is 1. The molecule has 2 aromatic rings. The van der Waals surface area contributed by atoms with Gasteiger partial charge >= 0.3 is 0 Å². The fourth-order valence-electron chi connectivity index (χ4n) is 1.10. The van der Waals surface area contributed by atoms with Crippen molar-refractivity contribution in [2.75, 3.05) is 0 Å². The molecule has 0 unspecified atom stereocenters. The molecule has 0 spiro atoms. The van der Waals surface area contributed by atoms with Gasteiger partial charge in [-0.1, -0.05) is 5.21 Å². The Hall–Kier alpha value is -2.18. The Kier molecular flexibility index (Phi) is 2.72. The number of rotatable bonds is 4. The van der Waals surface area contributed by atoms with Crippen LogP contribution in [0.2, 0.25) is 0 Å².